The number of hydrogen-bond donors (Lipinski definition) is 1. The molecule has 0 aliphatic heterocycles. The molecule has 0 saturated heterocycles. The predicted molar refractivity (Wildman–Crippen MR) is 147 cm³/mol. The maximum atomic E-state index is 13.4. The first-order valence-corrected chi connectivity index (χ1v) is 14.5. The third-order valence-corrected chi connectivity index (χ3v) is 7.85. The number of carbonyl (C=O) groups excluding carboxylic acids is 2. The Bertz CT molecular complexity index is 1150. The van der Waals surface area contributed by atoms with E-state index in [2.05, 4.69) is 5.32 Å². The zero-order chi connectivity index (χ0) is 26.9. The van der Waals surface area contributed by atoms with Crippen LogP contribution >= 0.6 is 11.6 Å². The first-order chi connectivity index (χ1) is 17.0. The standard InChI is InChI=1S/C27H38ClN3O4S/c1-6-7-17-29-27(33)22(4)30(19-23-13-9-8-12-20(23)2)26(32)16-11-18-31(36(5,34)35)25-15-10-14-24(28)21(25)3/h8-10,12-15,22H,6-7,11,16-19H2,1-5H3,(H,29,33)/t22-/m0/s1. The van der Waals surface area contributed by atoms with Gasteiger partial charge in [0.1, 0.15) is 6.04 Å². The number of hydrogen-bond acceptors (Lipinski definition) is 4. The third kappa shape index (κ3) is 8.23. The van der Waals surface area contributed by atoms with Gasteiger partial charge in [-0.05, 0) is 62.4 Å². The lowest BCUT2D eigenvalue weighted by atomic mass is 10.1. The second-order valence-corrected chi connectivity index (χ2v) is 11.4. The van der Waals surface area contributed by atoms with Gasteiger partial charge in [0.2, 0.25) is 21.8 Å². The van der Waals surface area contributed by atoms with Gasteiger partial charge >= 0.3 is 0 Å². The monoisotopic (exact) mass is 535 g/mol. The predicted octanol–water partition coefficient (Wildman–Crippen LogP) is 4.84. The zero-order valence-corrected chi connectivity index (χ0v) is 23.5. The number of unbranched alkanes of at least 4 members (excludes halogenated alkanes) is 1. The number of halogens is 1. The van der Waals surface area contributed by atoms with E-state index in [4.69, 9.17) is 11.6 Å². The molecule has 0 aliphatic carbocycles. The average molecular weight is 536 g/mol. The summed E-state index contributed by atoms with van der Waals surface area (Å²) < 4.78 is 26.4. The maximum absolute atomic E-state index is 13.4. The number of nitrogens with one attached hydrogen (secondary N) is 1. The fraction of sp³-hybridized carbons (Fsp3) is 0.481. The van der Waals surface area contributed by atoms with E-state index in [0.29, 0.717) is 35.8 Å². The molecular formula is C27H38ClN3O4S. The molecule has 1 atom stereocenters. The van der Waals surface area contributed by atoms with Crippen molar-refractivity contribution in [2.45, 2.75) is 66.0 Å². The lowest BCUT2D eigenvalue weighted by Gasteiger charge is -2.30. The summed E-state index contributed by atoms with van der Waals surface area (Å²) in [6.07, 6.45) is 3.37. The molecule has 1 N–H and O–H groups in total. The highest BCUT2D eigenvalue weighted by Gasteiger charge is 2.27. The van der Waals surface area contributed by atoms with Crippen molar-refractivity contribution < 1.29 is 18.0 Å². The fourth-order valence-corrected chi connectivity index (χ4v) is 5.12. The van der Waals surface area contributed by atoms with Crippen molar-refractivity contribution in [2.75, 3.05) is 23.7 Å². The van der Waals surface area contributed by atoms with E-state index in [1.807, 2.05) is 38.1 Å². The Labute approximate surface area is 220 Å². The van der Waals surface area contributed by atoms with E-state index in [9.17, 15) is 18.0 Å². The molecule has 36 heavy (non-hydrogen) atoms. The second-order valence-electron chi connectivity index (χ2n) is 9.09. The smallest absolute Gasteiger partial charge is 0.242 e. The summed E-state index contributed by atoms with van der Waals surface area (Å²) in [7, 11) is -3.59. The Morgan fingerprint density at radius 2 is 1.75 bits per heavy atom. The van der Waals surface area contributed by atoms with Crippen LogP contribution in [0.1, 0.15) is 56.2 Å². The second kappa shape index (κ2) is 13.7. The zero-order valence-electron chi connectivity index (χ0n) is 21.9. The molecule has 0 fully saturated rings. The van der Waals surface area contributed by atoms with E-state index in [-0.39, 0.29) is 24.8 Å². The minimum atomic E-state index is -3.59. The Hall–Kier alpha value is -2.58. The molecule has 0 heterocycles. The molecule has 2 rings (SSSR count). The van der Waals surface area contributed by atoms with E-state index in [0.717, 1.165) is 30.2 Å². The number of amides is 2. The molecule has 0 saturated carbocycles. The molecule has 198 valence electrons. The number of benzene rings is 2. The molecule has 0 bridgehead atoms. The Balaban J connectivity index is 2.19. The topological polar surface area (TPSA) is 86.8 Å². The fourth-order valence-electron chi connectivity index (χ4n) is 3.94. The average Bonchev–Trinajstić information content (AvgIpc) is 2.82. The van der Waals surface area contributed by atoms with Gasteiger partial charge in [0.15, 0.2) is 0 Å². The van der Waals surface area contributed by atoms with Crippen LogP contribution in [-0.4, -0.2) is 50.5 Å². The van der Waals surface area contributed by atoms with E-state index < -0.39 is 16.1 Å². The summed E-state index contributed by atoms with van der Waals surface area (Å²) in [5.74, 6) is -0.398. The van der Waals surface area contributed by atoms with Crippen LogP contribution in [0.2, 0.25) is 5.02 Å². The van der Waals surface area contributed by atoms with Gasteiger partial charge in [-0.25, -0.2) is 8.42 Å². The molecule has 9 heteroatoms. The minimum Gasteiger partial charge on any atom is -0.354 e. The molecule has 0 spiro atoms. The number of nitrogens with zero attached hydrogens (tertiary/aromatic N) is 2. The highest BCUT2D eigenvalue weighted by atomic mass is 35.5. The van der Waals surface area contributed by atoms with Gasteiger partial charge in [-0.15, -0.1) is 0 Å². The summed E-state index contributed by atoms with van der Waals surface area (Å²) in [4.78, 5) is 27.8. The number of carbonyl (C=O) groups is 2. The van der Waals surface area contributed by atoms with Crippen molar-refractivity contribution in [3.8, 4) is 0 Å². The molecule has 0 unspecified atom stereocenters. The molecule has 7 nitrogen and oxygen atoms in total. The molecule has 0 aliphatic rings. The van der Waals surface area contributed by atoms with Crippen molar-refractivity contribution in [1.82, 2.24) is 10.2 Å². The number of anilines is 1. The van der Waals surface area contributed by atoms with Crippen LogP contribution in [0.15, 0.2) is 42.5 Å². The lowest BCUT2D eigenvalue weighted by molar-refractivity contribution is -0.140. The summed E-state index contributed by atoms with van der Waals surface area (Å²) in [5, 5.41) is 3.39. The molecule has 2 aromatic carbocycles. The number of rotatable bonds is 13. The molecule has 2 amide bonds. The van der Waals surface area contributed by atoms with Gasteiger partial charge in [0.25, 0.3) is 0 Å². The van der Waals surface area contributed by atoms with Crippen molar-refractivity contribution in [2.24, 2.45) is 0 Å². The van der Waals surface area contributed by atoms with E-state index in [1.54, 1.807) is 36.9 Å². The molecule has 2 aromatic rings. The molecular weight excluding hydrogens is 498 g/mol. The highest BCUT2D eigenvalue weighted by Crippen LogP contribution is 2.28. The number of sulfonamides is 1. The van der Waals surface area contributed by atoms with Crippen molar-refractivity contribution >= 4 is 39.1 Å². The van der Waals surface area contributed by atoms with Gasteiger partial charge in [-0.3, -0.25) is 13.9 Å². The Kier molecular flexibility index (Phi) is 11.2. The van der Waals surface area contributed by atoms with E-state index in [1.165, 1.54) is 4.31 Å². The minimum absolute atomic E-state index is 0.101. The van der Waals surface area contributed by atoms with Gasteiger partial charge < -0.3 is 10.2 Å². The maximum Gasteiger partial charge on any atom is 0.242 e. The highest BCUT2D eigenvalue weighted by molar-refractivity contribution is 7.92. The van der Waals surface area contributed by atoms with Gasteiger partial charge in [0, 0.05) is 31.1 Å². The van der Waals surface area contributed by atoms with Crippen molar-refractivity contribution in [3.05, 3.63) is 64.2 Å². The van der Waals surface area contributed by atoms with Crippen LogP contribution in [0.5, 0.6) is 0 Å². The van der Waals surface area contributed by atoms with Crippen LogP contribution in [0.4, 0.5) is 5.69 Å². The van der Waals surface area contributed by atoms with Crippen LogP contribution in [-0.2, 0) is 26.2 Å². The molecule has 0 aromatic heterocycles. The van der Waals surface area contributed by atoms with Gasteiger partial charge in [-0.2, -0.15) is 0 Å². The van der Waals surface area contributed by atoms with Crippen molar-refractivity contribution in [1.29, 1.82) is 0 Å². The summed E-state index contributed by atoms with van der Waals surface area (Å²) >= 11 is 6.21. The Morgan fingerprint density at radius 1 is 1.06 bits per heavy atom. The first kappa shape index (κ1) is 29.6. The SMILES string of the molecule is CCCCNC(=O)[C@H](C)N(Cc1ccccc1C)C(=O)CCCN(c1cccc(Cl)c1C)S(C)(=O)=O. The summed E-state index contributed by atoms with van der Waals surface area (Å²) in [6.45, 7) is 8.52. The largest absolute Gasteiger partial charge is 0.354 e. The van der Waals surface area contributed by atoms with Crippen LogP contribution in [0.3, 0.4) is 0 Å². The first-order valence-electron chi connectivity index (χ1n) is 12.3. The van der Waals surface area contributed by atoms with Gasteiger partial charge in [0.05, 0.1) is 11.9 Å². The number of aryl methyl sites for hydroxylation is 1. The third-order valence-electron chi connectivity index (χ3n) is 6.26. The van der Waals surface area contributed by atoms with Crippen LogP contribution < -0.4 is 9.62 Å². The van der Waals surface area contributed by atoms with Crippen molar-refractivity contribution in [3.63, 3.8) is 0 Å². The van der Waals surface area contributed by atoms with Crippen LogP contribution in [0, 0.1) is 13.8 Å². The summed E-state index contributed by atoms with van der Waals surface area (Å²) in [6, 6.07) is 12.2. The lowest BCUT2D eigenvalue weighted by Crippen LogP contribution is -2.48. The van der Waals surface area contributed by atoms with Gasteiger partial charge in [-0.1, -0.05) is 55.3 Å². The Morgan fingerprint density at radius 3 is 2.39 bits per heavy atom. The summed E-state index contributed by atoms with van der Waals surface area (Å²) in [5.41, 5.74) is 3.16. The van der Waals surface area contributed by atoms with E-state index >= 15 is 0 Å². The normalized spacial score (nSPS) is 12.2. The van der Waals surface area contributed by atoms with Crippen LogP contribution in [0.25, 0.3) is 0 Å². The molecule has 0 radical (unpaired) electrons. The quantitative estimate of drug-likeness (QED) is 0.372.